The van der Waals surface area contributed by atoms with Crippen LogP contribution in [0.1, 0.15) is 35.1 Å². The number of amides is 1. The number of halogens is 1. The molecule has 1 aliphatic heterocycles. The zero-order valence-corrected chi connectivity index (χ0v) is 14.0. The van der Waals surface area contributed by atoms with Crippen molar-refractivity contribution in [2.45, 2.75) is 18.9 Å². The lowest BCUT2D eigenvalue weighted by Crippen LogP contribution is -2.38. The van der Waals surface area contributed by atoms with E-state index in [1.54, 1.807) is 11.0 Å². The smallest absolute Gasteiger partial charge is 0.328 e. The van der Waals surface area contributed by atoms with E-state index in [1.165, 1.54) is 25.4 Å². The minimum atomic E-state index is -0.713. The average molecular weight is 357 g/mol. The van der Waals surface area contributed by atoms with Gasteiger partial charge in [0.1, 0.15) is 17.2 Å². The molecule has 1 aromatic carbocycles. The van der Waals surface area contributed by atoms with E-state index in [4.69, 9.17) is 0 Å². The van der Waals surface area contributed by atoms with Crippen LogP contribution in [0.2, 0.25) is 0 Å². The summed E-state index contributed by atoms with van der Waals surface area (Å²) in [5.74, 6) is -0.280. The lowest BCUT2D eigenvalue weighted by molar-refractivity contribution is 0.0727. The number of hydrogen-bond acceptors (Lipinski definition) is 4. The highest BCUT2D eigenvalue weighted by atomic mass is 19.1. The zero-order valence-electron chi connectivity index (χ0n) is 14.0. The van der Waals surface area contributed by atoms with Gasteiger partial charge in [0.2, 0.25) is 0 Å². The van der Waals surface area contributed by atoms with Gasteiger partial charge in [-0.1, -0.05) is 0 Å². The predicted molar refractivity (Wildman–Crippen MR) is 91.4 cm³/mol. The van der Waals surface area contributed by atoms with Crippen LogP contribution in [0.5, 0.6) is 0 Å². The molecule has 2 N–H and O–H groups in total. The maximum atomic E-state index is 13.4. The van der Waals surface area contributed by atoms with Gasteiger partial charge in [-0.25, -0.2) is 14.2 Å². The third kappa shape index (κ3) is 2.61. The van der Waals surface area contributed by atoms with Gasteiger partial charge in [-0.05, 0) is 31.0 Å². The minimum absolute atomic E-state index is 0.0962. The van der Waals surface area contributed by atoms with Crippen LogP contribution < -0.4 is 11.2 Å². The molecule has 3 aromatic rings. The lowest BCUT2D eigenvalue weighted by atomic mass is 10.2. The highest BCUT2D eigenvalue weighted by Crippen LogP contribution is 2.32. The van der Waals surface area contributed by atoms with E-state index in [-0.39, 0.29) is 17.4 Å². The Morgan fingerprint density at radius 3 is 2.92 bits per heavy atom. The number of nitrogens with zero attached hydrogens (tertiary/aromatic N) is 3. The first-order valence-electron chi connectivity index (χ1n) is 8.20. The van der Waals surface area contributed by atoms with Crippen molar-refractivity contribution in [3.05, 3.63) is 62.4 Å². The Morgan fingerprint density at radius 2 is 2.12 bits per heavy atom. The van der Waals surface area contributed by atoms with Crippen molar-refractivity contribution >= 4 is 16.9 Å². The molecule has 0 bridgehead atoms. The number of H-pyrrole nitrogens is 2. The van der Waals surface area contributed by atoms with Gasteiger partial charge in [0.15, 0.2) is 0 Å². The van der Waals surface area contributed by atoms with Crippen LogP contribution in [-0.4, -0.2) is 36.9 Å². The first-order chi connectivity index (χ1) is 12.4. The van der Waals surface area contributed by atoms with Gasteiger partial charge in [0.05, 0.1) is 17.1 Å². The summed E-state index contributed by atoms with van der Waals surface area (Å²) >= 11 is 0. The average Bonchev–Trinajstić information content (AvgIpc) is 3.23. The standard InChI is InChI=1S/C17H16FN5O3/c1-22-8-10(15(24)21-17(22)26)16(25)23-6-2-3-13(23)14-19-11-5-4-9(18)7-12(11)20-14/h4-5,7-8,13H,2-3,6H2,1H3,(H,19,20)(H,21,24,26)/t13-/m1/s1. The second-order valence-corrected chi connectivity index (χ2v) is 6.35. The summed E-state index contributed by atoms with van der Waals surface area (Å²) in [6, 6.07) is 3.91. The first-order valence-corrected chi connectivity index (χ1v) is 8.20. The van der Waals surface area contributed by atoms with Crippen LogP contribution in [-0.2, 0) is 7.05 Å². The van der Waals surface area contributed by atoms with Crippen molar-refractivity contribution < 1.29 is 9.18 Å². The van der Waals surface area contributed by atoms with Crippen LogP contribution in [0.3, 0.4) is 0 Å². The van der Waals surface area contributed by atoms with Crippen molar-refractivity contribution in [1.82, 2.24) is 24.4 Å². The van der Waals surface area contributed by atoms with Gasteiger partial charge in [-0.3, -0.25) is 14.6 Å². The number of carbonyl (C=O) groups is 1. The van der Waals surface area contributed by atoms with Gasteiger partial charge < -0.3 is 14.5 Å². The molecule has 1 aliphatic rings. The Labute approximate surface area is 146 Å². The van der Waals surface area contributed by atoms with Gasteiger partial charge in [-0.15, -0.1) is 0 Å². The molecule has 2 aromatic heterocycles. The van der Waals surface area contributed by atoms with E-state index < -0.39 is 17.2 Å². The molecular weight excluding hydrogens is 341 g/mol. The second kappa shape index (κ2) is 5.94. The summed E-state index contributed by atoms with van der Waals surface area (Å²) in [4.78, 5) is 47.6. The summed E-state index contributed by atoms with van der Waals surface area (Å²) in [6.07, 6.45) is 2.68. The molecule has 1 saturated heterocycles. The molecule has 0 saturated carbocycles. The van der Waals surface area contributed by atoms with Crippen LogP contribution in [0, 0.1) is 5.82 Å². The molecule has 4 rings (SSSR count). The van der Waals surface area contributed by atoms with Gasteiger partial charge in [0.25, 0.3) is 11.5 Å². The number of aryl methyl sites for hydroxylation is 1. The number of nitrogens with one attached hydrogen (secondary N) is 2. The van der Waals surface area contributed by atoms with Crippen molar-refractivity contribution in [2.75, 3.05) is 6.54 Å². The fourth-order valence-electron chi connectivity index (χ4n) is 3.32. The van der Waals surface area contributed by atoms with Crippen molar-refractivity contribution in [3.8, 4) is 0 Å². The summed E-state index contributed by atoms with van der Waals surface area (Å²) < 4.78 is 14.5. The number of likely N-dealkylation sites (tertiary alicyclic amines) is 1. The van der Waals surface area contributed by atoms with E-state index >= 15 is 0 Å². The topological polar surface area (TPSA) is 104 Å². The first kappa shape index (κ1) is 16.2. The van der Waals surface area contributed by atoms with Gasteiger partial charge >= 0.3 is 5.69 Å². The molecule has 1 atom stereocenters. The zero-order chi connectivity index (χ0) is 18.4. The number of rotatable bonds is 2. The number of aromatic amines is 2. The van der Waals surface area contributed by atoms with Crippen LogP contribution in [0.15, 0.2) is 34.0 Å². The largest absolute Gasteiger partial charge is 0.340 e. The molecule has 0 radical (unpaired) electrons. The molecule has 9 heteroatoms. The number of aromatic nitrogens is 4. The fraction of sp³-hybridized carbons (Fsp3) is 0.294. The van der Waals surface area contributed by atoms with E-state index in [2.05, 4.69) is 15.0 Å². The summed E-state index contributed by atoms with van der Waals surface area (Å²) in [7, 11) is 1.46. The SMILES string of the molecule is Cn1cc(C(=O)N2CCC[C@@H]2c2nc3ccc(F)cc3[nH]2)c(=O)[nH]c1=O. The third-order valence-electron chi connectivity index (χ3n) is 4.63. The Morgan fingerprint density at radius 1 is 1.31 bits per heavy atom. The third-order valence-corrected chi connectivity index (χ3v) is 4.63. The Hall–Kier alpha value is -3.23. The summed E-state index contributed by atoms with van der Waals surface area (Å²) in [5.41, 5.74) is -0.222. The van der Waals surface area contributed by atoms with Crippen molar-refractivity contribution in [3.63, 3.8) is 0 Å². The molecule has 1 fully saturated rings. The molecule has 1 amide bonds. The quantitative estimate of drug-likeness (QED) is 0.716. The fourth-order valence-corrected chi connectivity index (χ4v) is 3.32. The van der Waals surface area contributed by atoms with E-state index in [9.17, 15) is 18.8 Å². The maximum absolute atomic E-state index is 13.4. The Kier molecular flexibility index (Phi) is 3.71. The number of carbonyl (C=O) groups excluding carboxylic acids is 1. The van der Waals surface area contributed by atoms with E-state index in [0.717, 1.165) is 11.0 Å². The molecule has 134 valence electrons. The Bertz CT molecular complexity index is 1130. The monoisotopic (exact) mass is 357 g/mol. The summed E-state index contributed by atoms with van der Waals surface area (Å²) in [6.45, 7) is 0.469. The molecule has 3 heterocycles. The maximum Gasteiger partial charge on any atom is 0.328 e. The molecule has 0 aliphatic carbocycles. The lowest BCUT2D eigenvalue weighted by Gasteiger charge is -2.23. The highest BCUT2D eigenvalue weighted by molar-refractivity contribution is 5.94. The summed E-state index contributed by atoms with van der Waals surface area (Å²) in [5, 5.41) is 0. The van der Waals surface area contributed by atoms with Crippen LogP contribution in [0.25, 0.3) is 11.0 Å². The number of hydrogen-bond donors (Lipinski definition) is 2. The molecular formula is C17H16FN5O3. The number of imidazole rings is 1. The molecule has 0 spiro atoms. The highest BCUT2D eigenvalue weighted by Gasteiger charge is 2.34. The molecule has 8 nitrogen and oxygen atoms in total. The van der Waals surface area contributed by atoms with Crippen LogP contribution >= 0.6 is 0 Å². The van der Waals surface area contributed by atoms with Gasteiger partial charge in [-0.2, -0.15) is 0 Å². The normalized spacial score (nSPS) is 17.2. The second-order valence-electron chi connectivity index (χ2n) is 6.35. The predicted octanol–water partition coefficient (Wildman–Crippen LogP) is 1.07. The van der Waals surface area contributed by atoms with E-state index in [1.807, 2.05) is 0 Å². The number of fused-ring (bicyclic) bond motifs is 1. The Balaban J connectivity index is 1.71. The van der Waals surface area contributed by atoms with E-state index in [0.29, 0.717) is 29.8 Å². The van der Waals surface area contributed by atoms with Crippen LogP contribution in [0.4, 0.5) is 4.39 Å². The minimum Gasteiger partial charge on any atom is -0.340 e. The van der Waals surface area contributed by atoms with Crippen molar-refractivity contribution in [2.24, 2.45) is 7.05 Å². The van der Waals surface area contributed by atoms with Crippen molar-refractivity contribution in [1.29, 1.82) is 0 Å². The molecule has 26 heavy (non-hydrogen) atoms. The molecule has 0 unspecified atom stereocenters. The van der Waals surface area contributed by atoms with Gasteiger partial charge in [0, 0.05) is 19.8 Å². The number of benzene rings is 1.